The van der Waals surface area contributed by atoms with Gasteiger partial charge in [-0.2, -0.15) is 0 Å². The number of rotatable bonds is 3. The molecule has 0 bridgehead atoms. The second kappa shape index (κ2) is 6.27. The van der Waals surface area contributed by atoms with Crippen molar-refractivity contribution in [3.63, 3.8) is 0 Å². The minimum absolute atomic E-state index is 0.140. The standard InChI is InChI=1S/C16H13N3O4/c1-2-22-16(21)19-11-6-4-3-5-10(11)13-9-12(20)14-15(23-13)18-8-7-17-14/h3-9H,2H2,1H3,(H,19,21). The number of nitrogens with zero attached hydrogens (tertiary/aromatic N) is 2. The molecule has 0 aliphatic carbocycles. The summed E-state index contributed by atoms with van der Waals surface area (Å²) in [5, 5.41) is 2.62. The van der Waals surface area contributed by atoms with Crippen molar-refractivity contribution in [2.24, 2.45) is 0 Å². The first-order valence-electron chi connectivity index (χ1n) is 6.97. The lowest BCUT2D eigenvalue weighted by atomic mass is 10.1. The van der Waals surface area contributed by atoms with Crippen LogP contribution >= 0.6 is 0 Å². The van der Waals surface area contributed by atoms with E-state index in [1.807, 2.05) is 0 Å². The third kappa shape index (κ3) is 3.03. The summed E-state index contributed by atoms with van der Waals surface area (Å²) in [5.74, 6) is 0.287. The molecular weight excluding hydrogens is 298 g/mol. The van der Waals surface area contributed by atoms with Crippen molar-refractivity contribution in [1.82, 2.24) is 9.97 Å². The number of aromatic nitrogens is 2. The number of hydrogen-bond donors (Lipinski definition) is 1. The van der Waals surface area contributed by atoms with Crippen molar-refractivity contribution < 1.29 is 13.9 Å². The molecule has 3 rings (SSSR count). The number of ether oxygens (including phenoxy) is 1. The van der Waals surface area contributed by atoms with E-state index in [0.717, 1.165) is 0 Å². The molecule has 0 saturated carbocycles. The van der Waals surface area contributed by atoms with Gasteiger partial charge in [0.25, 0.3) is 0 Å². The minimum atomic E-state index is -0.581. The molecule has 0 atom stereocenters. The smallest absolute Gasteiger partial charge is 0.411 e. The molecule has 3 aromatic rings. The fourth-order valence-corrected chi connectivity index (χ4v) is 2.11. The molecule has 1 N–H and O–H groups in total. The largest absolute Gasteiger partial charge is 0.450 e. The number of carbonyl (C=O) groups excluding carboxylic acids is 1. The Bertz CT molecular complexity index is 920. The lowest BCUT2D eigenvalue weighted by Crippen LogP contribution is -2.14. The Morgan fingerprint density at radius 1 is 1.26 bits per heavy atom. The topological polar surface area (TPSA) is 94.3 Å². The molecule has 23 heavy (non-hydrogen) atoms. The van der Waals surface area contributed by atoms with E-state index < -0.39 is 6.09 Å². The fraction of sp³-hybridized carbons (Fsp3) is 0.125. The zero-order chi connectivity index (χ0) is 16.2. The van der Waals surface area contributed by atoms with Crippen molar-refractivity contribution in [3.8, 4) is 11.3 Å². The van der Waals surface area contributed by atoms with E-state index in [2.05, 4.69) is 15.3 Å². The summed E-state index contributed by atoms with van der Waals surface area (Å²) in [6.07, 6.45) is 2.29. The maximum atomic E-state index is 12.1. The molecule has 2 aromatic heterocycles. The predicted octanol–water partition coefficient (Wildman–Crippen LogP) is 2.82. The lowest BCUT2D eigenvalue weighted by Gasteiger charge is -2.10. The van der Waals surface area contributed by atoms with Gasteiger partial charge in [0.1, 0.15) is 5.76 Å². The van der Waals surface area contributed by atoms with Crippen LogP contribution in [0.25, 0.3) is 22.6 Å². The molecule has 0 unspecified atom stereocenters. The predicted molar refractivity (Wildman–Crippen MR) is 84.2 cm³/mol. The van der Waals surface area contributed by atoms with E-state index in [-0.39, 0.29) is 29.0 Å². The average molecular weight is 311 g/mol. The van der Waals surface area contributed by atoms with E-state index in [1.165, 1.54) is 18.5 Å². The van der Waals surface area contributed by atoms with Crippen molar-refractivity contribution in [2.75, 3.05) is 11.9 Å². The molecule has 1 aromatic carbocycles. The molecule has 116 valence electrons. The van der Waals surface area contributed by atoms with Crippen LogP contribution in [-0.2, 0) is 4.74 Å². The van der Waals surface area contributed by atoms with Crippen LogP contribution < -0.4 is 10.7 Å². The van der Waals surface area contributed by atoms with E-state index in [0.29, 0.717) is 11.3 Å². The molecule has 7 heteroatoms. The third-order valence-electron chi connectivity index (χ3n) is 3.07. The molecule has 2 heterocycles. The number of anilines is 1. The second-order valence-corrected chi connectivity index (χ2v) is 4.58. The average Bonchev–Trinajstić information content (AvgIpc) is 2.55. The first-order chi connectivity index (χ1) is 11.2. The van der Waals surface area contributed by atoms with Crippen molar-refractivity contribution in [1.29, 1.82) is 0 Å². The van der Waals surface area contributed by atoms with E-state index in [9.17, 15) is 9.59 Å². The Morgan fingerprint density at radius 3 is 2.87 bits per heavy atom. The molecule has 0 aliphatic heterocycles. The van der Waals surface area contributed by atoms with Gasteiger partial charge in [0.15, 0.2) is 5.52 Å². The molecule has 0 saturated heterocycles. The molecule has 0 spiro atoms. The van der Waals surface area contributed by atoms with Gasteiger partial charge >= 0.3 is 6.09 Å². The highest BCUT2D eigenvalue weighted by Crippen LogP contribution is 2.28. The first kappa shape index (κ1) is 14.7. The van der Waals surface area contributed by atoms with Crippen molar-refractivity contribution >= 4 is 23.0 Å². The number of fused-ring (bicyclic) bond motifs is 1. The van der Waals surface area contributed by atoms with Gasteiger partial charge < -0.3 is 9.15 Å². The summed E-state index contributed by atoms with van der Waals surface area (Å²) in [5.41, 5.74) is 1.01. The molecule has 7 nitrogen and oxygen atoms in total. The molecule has 1 amide bonds. The molecule has 0 fully saturated rings. The van der Waals surface area contributed by atoms with Gasteiger partial charge in [0, 0.05) is 24.0 Å². The fourth-order valence-electron chi connectivity index (χ4n) is 2.11. The van der Waals surface area contributed by atoms with Crippen LogP contribution in [0.15, 0.2) is 51.9 Å². The highest BCUT2D eigenvalue weighted by Gasteiger charge is 2.13. The number of benzene rings is 1. The number of nitrogens with one attached hydrogen (secondary N) is 1. The van der Waals surface area contributed by atoms with Crippen LogP contribution in [0.2, 0.25) is 0 Å². The van der Waals surface area contributed by atoms with Gasteiger partial charge in [-0.3, -0.25) is 10.1 Å². The summed E-state index contributed by atoms with van der Waals surface area (Å²) in [4.78, 5) is 31.7. The second-order valence-electron chi connectivity index (χ2n) is 4.58. The van der Waals surface area contributed by atoms with Gasteiger partial charge in [-0.1, -0.05) is 12.1 Å². The summed E-state index contributed by atoms with van der Waals surface area (Å²) in [7, 11) is 0. The Balaban J connectivity index is 2.08. The highest BCUT2D eigenvalue weighted by atomic mass is 16.5. The van der Waals surface area contributed by atoms with E-state index in [4.69, 9.17) is 9.15 Å². The SMILES string of the molecule is CCOC(=O)Nc1ccccc1-c1cc(=O)c2nccnc2o1. The first-order valence-corrected chi connectivity index (χ1v) is 6.97. The molecule has 0 radical (unpaired) electrons. The van der Waals surface area contributed by atoms with Crippen molar-refractivity contribution in [3.05, 3.63) is 52.9 Å². The third-order valence-corrected chi connectivity index (χ3v) is 3.07. The zero-order valence-electron chi connectivity index (χ0n) is 12.3. The Morgan fingerprint density at radius 2 is 2.04 bits per heavy atom. The van der Waals surface area contributed by atoms with Gasteiger partial charge in [-0.15, -0.1) is 0 Å². The van der Waals surface area contributed by atoms with Gasteiger partial charge in [-0.25, -0.2) is 14.8 Å². The summed E-state index contributed by atoms with van der Waals surface area (Å²) in [6.45, 7) is 1.97. The maximum absolute atomic E-state index is 12.1. The highest BCUT2D eigenvalue weighted by molar-refractivity contribution is 5.90. The normalized spacial score (nSPS) is 10.5. The van der Waals surface area contributed by atoms with Gasteiger partial charge in [0.2, 0.25) is 11.1 Å². The van der Waals surface area contributed by atoms with E-state index >= 15 is 0 Å². The number of amides is 1. The molecular formula is C16H13N3O4. The number of para-hydroxylation sites is 1. The Kier molecular flexibility index (Phi) is 4.01. The van der Waals surface area contributed by atoms with Gasteiger partial charge in [0.05, 0.1) is 12.3 Å². The van der Waals surface area contributed by atoms with Crippen LogP contribution in [0.1, 0.15) is 6.92 Å². The lowest BCUT2D eigenvalue weighted by molar-refractivity contribution is 0.168. The zero-order valence-corrected chi connectivity index (χ0v) is 12.3. The number of carbonyl (C=O) groups is 1. The Hall–Kier alpha value is -3.22. The van der Waals surface area contributed by atoms with Crippen molar-refractivity contribution in [2.45, 2.75) is 6.92 Å². The number of hydrogen-bond acceptors (Lipinski definition) is 6. The van der Waals surface area contributed by atoms with Crippen LogP contribution in [0.5, 0.6) is 0 Å². The minimum Gasteiger partial charge on any atom is -0.450 e. The van der Waals surface area contributed by atoms with Crippen LogP contribution in [-0.4, -0.2) is 22.7 Å². The molecule has 0 aliphatic rings. The summed E-state index contributed by atoms with van der Waals surface area (Å²) < 4.78 is 10.5. The van der Waals surface area contributed by atoms with Crippen LogP contribution in [0, 0.1) is 0 Å². The quantitative estimate of drug-likeness (QED) is 0.799. The van der Waals surface area contributed by atoms with Gasteiger partial charge in [-0.05, 0) is 19.1 Å². The van der Waals surface area contributed by atoms with Crippen LogP contribution in [0.4, 0.5) is 10.5 Å². The van der Waals surface area contributed by atoms with Crippen LogP contribution in [0.3, 0.4) is 0 Å². The Labute approximate surface area is 130 Å². The monoisotopic (exact) mass is 311 g/mol. The summed E-state index contributed by atoms with van der Waals surface area (Å²) in [6, 6.07) is 8.26. The summed E-state index contributed by atoms with van der Waals surface area (Å²) >= 11 is 0. The maximum Gasteiger partial charge on any atom is 0.411 e. The van der Waals surface area contributed by atoms with E-state index in [1.54, 1.807) is 31.2 Å².